The van der Waals surface area contributed by atoms with Crippen LogP contribution in [0.15, 0.2) is 102 Å². The molecule has 0 saturated heterocycles. The molecule has 3 aromatic carbocycles. The lowest BCUT2D eigenvalue weighted by Crippen LogP contribution is -2.35. The van der Waals surface area contributed by atoms with Crippen molar-refractivity contribution in [2.45, 2.75) is 19.1 Å². The summed E-state index contributed by atoms with van der Waals surface area (Å²) in [5.74, 6) is 2.78. The first-order valence-corrected chi connectivity index (χ1v) is 11.4. The molecule has 1 unspecified atom stereocenters. The molecule has 0 saturated carbocycles. The number of rotatable bonds is 4. The molecule has 0 N–H and O–H groups in total. The van der Waals surface area contributed by atoms with Gasteiger partial charge in [0.2, 0.25) is 0 Å². The number of allylic oxidation sites excluding steroid dienone is 1. The number of para-hydroxylation sites is 2. The molecule has 2 heterocycles. The molecule has 33 heavy (non-hydrogen) atoms. The zero-order valence-corrected chi connectivity index (χ0v) is 18.4. The van der Waals surface area contributed by atoms with E-state index in [0.717, 1.165) is 48.0 Å². The van der Waals surface area contributed by atoms with Crippen LogP contribution in [0.25, 0.3) is 0 Å². The molecule has 1 atom stereocenters. The van der Waals surface area contributed by atoms with E-state index < -0.39 is 0 Å². The van der Waals surface area contributed by atoms with Crippen LogP contribution in [-0.2, 0) is 11.3 Å². The lowest BCUT2D eigenvalue weighted by Gasteiger charge is -2.35. The number of benzene rings is 3. The van der Waals surface area contributed by atoms with Crippen LogP contribution in [0.4, 0.5) is 11.4 Å². The van der Waals surface area contributed by atoms with Crippen LogP contribution < -0.4 is 19.3 Å². The van der Waals surface area contributed by atoms with Crippen molar-refractivity contribution in [1.29, 1.82) is 0 Å². The van der Waals surface area contributed by atoms with Crippen molar-refractivity contribution < 1.29 is 14.2 Å². The van der Waals surface area contributed by atoms with E-state index in [-0.39, 0.29) is 6.10 Å². The summed E-state index contributed by atoms with van der Waals surface area (Å²) < 4.78 is 18.4. The first-order valence-electron chi connectivity index (χ1n) is 11.4. The number of hydrogen-bond acceptors (Lipinski definition) is 5. The van der Waals surface area contributed by atoms with Crippen LogP contribution in [0.3, 0.4) is 0 Å². The molecular formula is C28H26N2O3. The minimum atomic E-state index is -0.0177. The van der Waals surface area contributed by atoms with Gasteiger partial charge in [-0.25, -0.2) is 0 Å². The van der Waals surface area contributed by atoms with Gasteiger partial charge in [-0.1, -0.05) is 36.4 Å². The Morgan fingerprint density at radius 3 is 2.21 bits per heavy atom. The molecule has 5 nitrogen and oxygen atoms in total. The summed E-state index contributed by atoms with van der Waals surface area (Å²) in [5, 5.41) is 0. The molecule has 1 aliphatic carbocycles. The molecule has 6 rings (SSSR count). The second kappa shape index (κ2) is 8.58. The van der Waals surface area contributed by atoms with Gasteiger partial charge in [-0.3, -0.25) is 0 Å². The predicted octanol–water partition coefficient (Wildman–Crippen LogP) is 5.50. The Balaban J connectivity index is 1.14. The standard InChI is InChI=1S/C28H26N2O3/c1-3-7-23(8-4-1)29-17-21-15-25(11-13-27(21)31-19-29)33-26-12-14-28-22(16-26)18-30(20-32-28)24-9-5-2-6-10-24/h1-15,26H,16-20H2. The molecule has 3 aliphatic rings. The van der Waals surface area contributed by atoms with E-state index in [0.29, 0.717) is 13.5 Å². The number of anilines is 2. The number of fused-ring (bicyclic) bond motifs is 1. The molecule has 0 spiro atoms. The summed E-state index contributed by atoms with van der Waals surface area (Å²) >= 11 is 0. The Kier molecular flexibility index (Phi) is 5.15. The molecule has 0 aromatic heterocycles. The van der Waals surface area contributed by atoms with E-state index in [1.807, 2.05) is 24.3 Å². The molecular weight excluding hydrogens is 412 g/mol. The van der Waals surface area contributed by atoms with Crippen molar-refractivity contribution in [3.63, 3.8) is 0 Å². The van der Waals surface area contributed by atoms with Gasteiger partial charge in [-0.2, -0.15) is 0 Å². The lowest BCUT2D eigenvalue weighted by molar-refractivity contribution is 0.186. The highest BCUT2D eigenvalue weighted by molar-refractivity contribution is 5.52. The third kappa shape index (κ3) is 4.14. The molecule has 0 amide bonds. The fourth-order valence-corrected chi connectivity index (χ4v) is 4.60. The van der Waals surface area contributed by atoms with Gasteiger partial charge in [0.05, 0.1) is 0 Å². The van der Waals surface area contributed by atoms with E-state index in [4.69, 9.17) is 14.2 Å². The van der Waals surface area contributed by atoms with Gasteiger partial charge in [0.1, 0.15) is 23.4 Å². The Bertz CT molecular complexity index is 1190. The summed E-state index contributed by atoms with van der Waals surface area (Å²) in [4.78, 5) is 4.48. The SMILES string of the molecule is C1=CC(Oc2ccc3c(c2)CN(c2ccccc2)CO3)CC2=C1OCN(c1ccccc1)C2. The normalized spacial score (nSPS) is 19.3. The number of ether oxygens (including phenoxy) is 3. The van der Waals surface area contributed by atoms with Crippen LogP contribution in [0.1, 0.15) is 12.0 Å². The van der Waals surface area contributed by atoms with E-state index in [1.165, 1.54) is 11.3 Å². The van der Waals surface area contributed by atoms with Crippen molar-refractivity contribution >= 4 is 11.4 Å². The molecule has 3 aromatic rings. The summed E-state index contributed by atoms with van der Waals surface area (Å²) in [6, 6.07) is 26.9. The maximum Gasteiger partial charge on any atom is 0.161 e. The van der Waals surface area contributed by atoms with Crippen LogP contribution >= 0.6 is 0 Å². The Hall–Kier alpha value is -3.86. The zero-order valence-electron chi connectivity index (χ0n) is 18.4. The third-order valence-electron chi connectivity index (χ3n) is 6.32. The highest BCUT2D eigenvalue weighted by atomic mass is 16.5. The second-order valence-corrected chi connectivity index (χ2v) is 8.57. The van der Waals surface area contributed by atoms with Gasteiger partial charge in [0.15, 0.2) is 13.5 Å². The Morgan fingerprint density at radius 2 is 1.45 bits per heavy atom. The number of hydrogen-bond donors (Lipinski definition) is 0. The second-order valence-electron chi connectivity index (χ2n) is 8.57. The summed E-state index contributed by atoms with van der Waals surface area (Å²) in [6.45, 7) is 2.78. The van der Waals surface area contributed by atoms with Crippen molar-refractivity contribution in [2.24, 2.45) is 0 Å². The number of nitrogens with zero attached hydrogens (tertiary/aromatic N) is 2. The molecule has 0 bridgehead atoms. The third-order valence-corrected chi connectivity index (χ3v) is 6.32. The minimum Gasteiger partial charge on any atom is -0.486 e. The van der Waals surface area contributed by atoms with Crippen molar-refractivity contribution in [2.75, 3.05) is 29.8 Å². The van der Waals surface area contributed by atoms with Gasteiger partial charge < -0.3 is 24.0 Å². The summed E-state index contributed by atoms with van der Waals surface area (Å²) in [5.41, 5.74) is 4.74. The molecule has 166 valence electrons. The first kappa shape index (κ1) is 19.8. The first-order chi connectivity index (χ1) is 16.3. The zero-order chi connectivity index (χ0) is 22.0. The van der Waals surface area contributed by atoms with Gasteiger partial charge >= 0.3 is 0 Å². The van der Waals surface area contributed by atoms with Gasteiger partial charge in [0.25, 0.3) is 0 Å². The average molecular weight is 439 g/mol. The van der Waals surface area contributed by atoms with Gasteiger partial charge in [0, 0.05) is 36.4 Å². The smallest absolute Gasteiger partial charge is 0.161 e. The summed E-state index contributed by atoms with van der Waals surface area (Å²) in [7, 11) is 0. The molecule has 5 heteroatoms. The average Bonchev–Trinajstić information content (AvgIpc) is 2.89. The van der Waals surface area contributed by atoms with Crippen LogP contribution in [-0.4, -0.2) is 26.1 Å². The minimum absolute atomic E-state index is 0.0177. The van der Waals surface area contributed by atoms with Crippen LogP contribution in [0, 0.1) is 0 Å². The fraction of sp³-hybridized carbons (Fsp3) is 0.214. The highest BCUT2D eigenvalue weighted by Crippen LogP contribution is 2.34. The van der Waals surface area contributed by atoms with Gasteiger partial charge in [-0.05, 0) is 60.2 Å². The Morgan fingerprint density at radius 1 is 0.758 bits per heavy atom. The van der Waals surface area contributed by atoms with E-state index in [9.17, 15) is 0 Å². The van der Waals surface area contributed by atoms with E-state index in [2.05, 4.69) is 76.5 Å². The highest BCUT2D eigenvalue weighted by Gasteiger charge is 2.26. The predicted molar refractivity (Wildman–Crippen MR) is 130 cm³/mol. The maximum atomic E-state index is 6.38. The van der Waals surface area contributed by atoms with Crippen molar-refractivity contribution in [3.05, 3.63) is 108 Å². The fourth-order valence-electron chi connectivity index (χ4n) is 4.60. The van der Waals surface area contributed by atoms with E-state index >= 15 is 0 Å². The van der Waals surface area contributed by atoms with Crippen molar-refractivity contribution in [1.82, 2.24) is 0 Å². The maximum absolute atomic E-state index is 6.38. The topological polar surface area (TPSA) is 34.2 Å². The lowest BCUT2D eigenvalue weighted by atomic mass is 9.99. The van der Waals surface area contributed by atoms with Gasteiger partial charge in [-0.15, -0.1) is 0 Å². The largest absolute Gasteiger partial charge is 0.486 e. The van der Waals surface area contributed by atoms with Crippen molar-refractivity contribution in [3.8, 4) is 11.5 Å². The molecule has 2 aliphatic heterocycles. The molecule has 0 fully saturated rings. The quantitative estimate of drug-likeness (QED) is 0.537. The summed E-state index contributed by atoms with van der Waals surface area (Å²) in [6.07, 6.45) is 4.96. The van der Waals surface area contributed by atoms with Crippen LogP contribution in [0.5, 0.6) is 11.5 Å². The van der Waals surface area contributed by atoms with E-state index in [1.54, 1.807) is 0 Å². The van der Waals surface area contributed by atoms with Crippen LogP contribution in [0.2, 0.25) is 0 Å². The monoisotopic (exact) mass is 438 g/mol. The Labute approximate surface area is 194 Å². The molecule has 0 radical (unpaired) electrons.